The Morgan fingerprint density at radius 2 is 1.94 bits per heavy atom. The topological polar surface area (TPSA) is 30.0 Å². The van der Waals surface area contributed by atoms with Crippen molar-refractivity contribution in [2.75, 3.05) is 0 Å². The third-order valence-electron chi connectivity index (χ3n) is 2.56. The molecule has 0 amide bonds. The Morgan fingerprint density at radius 1 is 1.24 bits per heavy atom. The Morgan fingerprint density at radius 3 is 2.59 bits per heavy atom. The fourth-order valence-corrected chi connectivity index (χ4v) is 1.91. The minimum Gasteiger partial charge on any atom is -0.294 e. The van der Waals surface area contributed by atoms with Gasteiger partial charge in [0, 0.05) is 29.4 Å². The van der Waals surface area contributed by atoms with Gasteiger partial charge in [0.05, 0.1) is 0 Å². The van der Waals surface area contributed by atoms with Crippen molar-refractivity contribution >= 4 is 17.4 Å². The van der Waals surface area contributed by atoms with Crippen LogP contribution in [0, 0.1) is 6.92 Å². The van der Waals surface area contributed by atoms with Gasteiger partial charge >= 0.3 is 0 Å². The van der Waals surface area contributed by atoms with Crippen molar-refractivity contribution < 1.29 is 4.79 Å². The summed E-state index contributed by atoms with van der Waals surface area (Å²) in [5, 5.41) is 0.646. The Hall–Kier alpha value is -1.67. The van der Waals surface area contributed by atoms with Gasteiger partial charge in [-0.05, 0) is 36.2 Å². The fraction of sp³-hybridized carbons (Fsp3) is 0.143. The van der Waals surface area contributed by atoms with Gasteiger partial charge < -0.3 is 0 Å². The van der Waals surface area contributed by atoms with E-state index in [1.165, 1.54) is 0 Å². The van der Waals surface area contributed by atoms with Crippen LogP contribution in [0.1, 0.15) is 21.5 Å². The van der Waals surface area contributed by atoms with E-state index in [4.69, 9.17) is 11.6 Å². The van der Waals surface area contributed by atoms with Crippen molar-refractivity contribution in [1.29, 1.82) is 0 Å². The highest BCUT2D eigenvalue weighted by Gasteiger charge is 2.09. The normalized spacial score (nSPS) is 10.2. The minimum atomic E-state index is 0.0538. The predicted molar refractivity (Wildman–Crippen MR) is 68.5 cm³/mol. The van der Waals surface area contributed by atoms with Crippen LogP contribution < -0.4 is 0 Å². The second kappa shape index (κ2) is 5.11. The second-order valence-electron chi connectivity index (χ2n) is 3.93. The SMILES string of the molecule is Cc1ccc(CC(=O)c2ccncc2)c(Cl)c1. The first-order chi connectivity index (χ1) is 8.16. The first kappa shape index (κ1) is 11.8. The van der Waals surface area contributed by atoms with Gasteiger partial charge in [-0.1, -0.05) is 23.7 Å². The zero-order valence-corrected chi connectivity index (χ0v) is 10.2. The highest BCUT2D eigenvalue weighted by molar-refractivity contribution is 6.31. The molecule has 1 aromatic carbocycles. The van der Waals surface area contributed by atoms with Crippen LogP contribution in [0.2, 0.25) is 5.02 Å². The zero-order valence-electron chi connectivity index (χ0n) is 9.48. The van der Waals surface area contributed by atoms with Crippen LogP contribution in [0.25, 0.3) is 0 Å². The van der Waals surface area contributed by atoms with Gasteiger partial charge in [0.15, 0.2) is 5.78 Å². The Kier molecular flexibility index (Phi) is 3.55. The van der Waals surface area contributed by atoms with Crippen molar-refractivity contribution in [3.8, 4) is 0 Å². The van der Waals surface area contributed by atoms with Crippen LogP contribution in [-0.4, -0.2) is 10.8 Å². The van der Waals surface area contributed by atoms with Crippen molar-refractivity contribution in [1.82, 2.24) is 4.98 Å². The van der Waals surface area contributed by atoms with Gasteiger partial charge in [-0.15, -0.1) is 0 Å². The van der Waals surface area contributed by atoms with Crippen LogP contribution in [0.15, 0.2) is 42.7 Å². The van der Waals surface area contributed by atoms with Crippen LogP contribution in [0.3, 0.4) is 0 Å². The molecule has 2 rings (SSSR count). The average Bonchev–Trinajstić information content (AvgIpc) is 2.34. The molecular weight excluding hydrogens is 234 g/mol. The molecule has 0 aliphatic carbocycles. The number of rotatable bonds is 3. The van der Waals surface area contributed by atoms with Gasteiger partial charge in [0.25, 0.3) is 0 Å². The molecule has 17 heavy (non-hydrogen) atoms. The van der Waals surface area contributed by atoms with E-state index < -0.39 is 0 Å². The number of carbonyl (C=O) groups is 1. The van der Waals surface area contributed by atoms with Crippen molar-refractivity contribution in [3.05, 3.63) is 64.4 Å². The van der Waals surface area contributed by atoms with E-state index in [0.29, 0.717) is 17.0 Å². The van der Waals surface area contributed by atoms with Crippen LogP contribution in [0.5, 0.6) is 0 Å². The Balaban J connectivity index is 2.19. The molecule has 1 heterocycles. The number of halogens is 1. The summed E-state index contributed by atoms with van der Waals surface area (Å²) in [5.41, 5.74) is 2.62. The highest BCUT2D eigenvalue weighted by Crippen LogP contribution is 2.19. The maximum absolute atomic E-state index is 12.0. The molecule has 0 unspecified atom stereocenters. The number of Topliss-reactive ketones (excluding diaryl/α,β-unsaturated/α-hetero) is 1. The molecule has 0 radical (unpaired) electrons. The molecule has 0 bridgehead atoms. The number of carbonyl (C=O) groups excluding carboxylic acids is 1. The molecule has 2 nitrogen and oxygen atoms in total. The number of hydrogen-bond acceptors (Lipinski definition) is 2. The summed E-state index contributed by atoms with van der Waals surface area (Å²) in [7, 11) is 0. The quantitative estimate of drug-likeness (QED) is 0.775. The number of ketones is 1. The average molecular weight is 246 g/mol. The molecular formula is C14H12ClNO. The minimum absolute atomic E-state index is 0.0538. The smallest absolute Gasteiger partial charge is 0.167 e. The summed E-state index contributed by atoms with van der Waals surface area (Å²) < 4.78 is 0. The summed E-state index contributed by atoms with van der Waals surface area (Å²) >= 11 is 6.10. The summed E-state index contributed by atoms with van der Waals surface area (Å²) in [6.45, 7) is 1.97. The van der Waals surface area contributed by atoms with E-state index in [1.807, 2.05) is 25.1 Å². The molecule has 0 aliphatic heterocycles. The van der Waals surface area contributed by atoms with E-state index in [2.05, 4.69) is 4.98 Å². The number of aryl methyl sites for hydroxylation is 1. The predicted octanol–water partition coefficient (Wildman–Crippen LogP) is 3.47. The standard InChI is InChI=1S/C14H12ClNO/c1-10-2-3-12(13(15)8-10)9-14(17)11-4-6-16-7-5-11/h2-8H,9H2,1H3. The molecule has 0 fully saturated rings. The lowest BCUT2D eigenvalue weighted by Gasteiger charge is -2.04. The first-order valence-corrected chi connectivity index (χ1v) is 5.73. The van der Waals surface area contributed by atoms with Gasteiger partial charge in [-0.3, -0.25) is 9.78 Å². The first-order valence-electron chi connectivity index (χ1n) is 5.35. The number of aromatic nitrogens is 1. The molecule has 3 heteroatoms. The Bertz CT molecular complexity index is 537. The molecule has 1 aromatic heterocycles. The third kappa shape index (κ3) is 2.92. The monoisotopic (exact) mass is 245 g/mol. The largest absolute Gasteiger partial charge is 0.294 e. The van der Waals surface area contributed by atoms with Crippen molar-refractivity contribution in [3.63, 3.8) is 0 Å². The lowest BCUT2D eigenvalue weighted by molar-refractivity contribution is 0.0993. The summed E-state index contributed by atoms with van der Waals surface area (Å²) in [4.78, 5) is 15.9. The van der Waals surface area contributed by atoms with Crippen molar-refractivity contribution in [2.24, 2.45) is 0 Å². The van der Waals surface area contributed by atoms with Gasteiger partial charge in [-0.2, -0.15) is 0 Å². The van der Waals surface area contributed by atoms with E-state index in [1.54, 1.807) is 24.5 Å². The highest BCUT2D eigenvalue weighted by atomic mass is 35.5. The van der Waals surface area contributed by atoms with Gasteiger partial charge in [-0.25, -0.2) is 0 Å². The second-order valence-corrected chi connectivity index (χ2v) is 4.34. The fourth-order valence-electron chi connectivity index (χ4n) is 1.61. The maximum Gasteiger partial charge on any atom is 0.167 e. The molecule has 0 saturated heterocycles. The van der Waals surface area contributed by atoms with Gasteiger partial charge in [0.1, 0.15) is 0 Å². The summed E-state index contributed by atoms with van der Waals surface area (Å²) in [6, 6.07) is 9.16. The maximum atomic E-state index is 12.0. The molecule has 0 N–H and O–H groups in total. The van der Waals surface area contributed by atoms with Crippen molar-refractivity contribution in [2.45, 2.75) is 13.3 Å². The molecule has 0 spiro atoms. The van der Waals surface area contributed by atoms with Crippen LogP contribution in [-0.2, 0) is 6.42 Å². The van der Waals surface area contributed by atoms with Crippen LogP contribution >= 0.6 is 11.6 Å². The number of benzene rings is 1. The number of hydrogen-bond donors (Lipinski definition) is 0. The molecule has 86 valence electrons. The summed E-state index contributed by atoms with van der Waals surface area (Å²) in [6.07, 6.45) is 3.55. The molecule has 0 aliphatic rings. The van der Waals surface area contributed by atoms with E-state index in [9.17, 15) is 4.79 Å². The molecule has 0 saturated carbocycles. The third-order valence-corrected chi connectivity index (χ3v) is 2.91. The van der Waals surface area contributed by atoms with E-state index in [0.717, 1.165) is 11.1 Å². The summed E-state index contributed by atoms with van der Waals surface area (Å²) in [5.74, 6) is 0.0538. The number of pyridine rings is 1. The van der Waals surface area contributed by atoms with E-state index >= 15 is 0 Å². The molecule has 0 atom stereocenters. The van der Waals surface area contributed by atoms with Gasteiger partial charge in [0.2, 0.25) is 0 Å². The zero-order chi connectivity index (χ0) is 12.3. The number of nitrogens with zero attached hydrogens (tertiary/aromatic N) is 1. The lowest BCUT2D eigenvalue weighted by atomic mass is 10.0. The van der Waals surface area contributed by atoms with E-state index in [-0.39, 0.29) is 5.78 Å². The van der Waals surface area contributed by atoms with Crippen LogP contribution in [0.4, 0.5) is 0 Å². The molecule has 2 aromatic rings. The Labute approximate surface area is 105 Å². The lowest BCUT2D eigenvalue weighted by Crippen LogP contribution is -2.04.